The number of carbonyl (C=O) groups is 1. The number of carbonyl (C=O) groups excluding carboxylic acids is 1. The molecule has 5 nitrogen and oxygen atoms in total. The minimum atomic E-state index is -0.893. The van der Waals surface area contributed by atoms with Gasteiger partial charge >= 0.3 is 0 Å². The quantitative estimate of drug-likeness (QED) is 0.564. The van der Waals surface area contributed by atoms with E-state index in [1.165, 1.54) is 24.6 Å². The molecule has 0 aliphatic heterocycles. The SMILES string of the molecule is CCc1ccc(NC(=S)NNC(=O)[C@@H](C)Oc2ccccc2F)cc1. The monoisotopic (exact) mass is 361 g/mol. The number of hydrogen-bond donors (Lipinski definition) is 3. The minimum Gasteiger partial charge on any atom is -0.478 e. The number of benzene rings is 2. The summed E-state index contributed by atoms with van der Waals surface area (Å²) in [5, 5.41) is 3.18. The van der Waals surface area contributed by atoms with Gasteiger partial charge in [-0.3, -0.25) is 15.6 Å². The fourth-order valence-electron chi connectivity index (χ4n) is 1.99. The zero-order chi connectivity index (χ0) is 18.2. The number of thiocarbonyl (C=S) groups is 1. The Hall–Kier alpha value is -2.67. The first-order chi connectivity index (χ1) is 12.0. The van der Waals surface area contributed by atoms with Gasteiger partial charge in [-0.15, -0.1) is 0 Å². The van der Waals surface area contributed by atoms with Gasteiger partial charge in [-0.1, -0.05) is 31.2 Å². The molecule has 0 fully saturated rings. The van der Waals surface area contributed by atoms with Crippen LogP contribution in [0.4, 0.5) is 10.1 Å². The van der Waals surface area contributed by atoms with E-state index in [0.29, 0.717) is 0 Å². The molecule has 0 spiro atoms. The van der Waals surface area contributed by atoms with Crippen LogP contribution in [0.25, 0.3) is 0 Å². The number of aryl methyl sites for hydroxylation is 1. The van der Waals surface area contributed by atoms with Crippen molar-refractivity contribution in [2.45, 2.75) is 26.4 Å². The van der Waals surface area contributed by atoms with E-state index < -0.39 is 17.8 Å². The molecule has 0 aromatic heterocycles. The van der Waals surface area contributed by atoms with Crippen molar-refractivity contribution in [2.24, 2.45) is 0 Å². The van der Waals surface area contributed by atoms with E-state index in [4.69, 9.17) is 17.0 Å². The first-order valence-electron chi connectivity index (χ1n) is 7.86. The Morgan fingerprint density at radius 3 is 2.48 bits per heavy atom. The van der Waals surface area contributed by atoms with E-state index in [1.807, 2.05) is 24.3 Å². The van der Waals surface area contributed by atoms with Crippen LogP contribution in [0.1, 0.15) is 19.4 Å². The molecule has 0 aliphatic rings. The van der Waals surface area contributed by atoms with Crippen LogP contribution >= 0.6 is 12.2 Å². The molecule has 0 radical (unpaired) electrons. The highest BCUT2D eigenvalue weighted by atomic mass is 32.1. The van der Waals surface area contributed by atoms with E-state index >= 15 is 0 Å². The Labute approximate surface area is 151 Å². The van der Waals surface area contributed by atoms with Gasteiger partial charge in [-0.2, -0.15) is 0 Å². The molecule has 0 unspecified atom stereocenters. The number of anilines is 1. The molecule has 7 heteroatoms. The number of ether oxygens (including phenoxy) is 1. The van der Waals surface area contributed by atoms with Crippen LogP contribution in [-0.4, -0.2) is 17.1 Å². The number of hydrazine groups is 1. The van der Waals surface area contributed by atoms with Gasteiger partial charge in [0.2, 0.25) is 0 Å². The van der Waals surface area contributed by atoms with E-state index in [9.17, 15) is 9.18 Å². The molecule has 3 N–H and O–H groups in total. The van der Waals surface area contributed by atoms with Gasteiger partial charge in [0.1, 0.15) is 0 Å². The summed E-state index contributed by atoms with van der Waals surface area (Å²) in [6, 6.07) is 13.7. The summed E-state index contributed by atoms with van der Waals surface area (Å²) in [6.45, 7) is 3.60. The predicted molar refractivity (Wildman–Crippen MR) is 99.8 cm³/mol. The molecule has 1 amide bonds. The third-order valence-electron chi connectivity index (χ3n) is 3.43. The van der Waals surface area contributed by atoms with Gasteiger partial charge in [0, 0.05) is 5.69 Å². The minimum absolute atomic E-state index is 0.0156. The summed E-state index contributed by atoms with van der Waals surface area (Å²) in [5.74, 6) is -0.988. The van der Waals surface area contributed by atoms with Crippen molar-refractivity contribution in [1.82, 2.24) is 10.9 Å². The summed E-state index contributed by atoms with van der Waals surface area (Å²) in [5.41, 5.74) is 7.04. The van der Waals surface area contributed by atoms with Crippen LogP contribution in [-0.2, 0) is 11.2 Å². The van der Waals surface area contributed by atoms with Gasteiger partial charge in [0.25, 0.3) is 5.91 Å². The first kappa shape index (κ1) is 18.7. The number of nitrogens with one attached hydrogen (secondary N) is 3. The second kappa shape index (κ2) is 8.98. The number of rotatable bonds is 5. The summed E-state index contributed by atoms with van der Waals surface area (Å²) >= 11 is 5.11. The highest BCUT2D eigenvalue weighted by molar-refractivity contribution is 7.80. The lowest BCUT2D eigenvalue weighted by Crippen LogP contribution is -2.48. The van der Waals surface area contributed by atoms with Gasteiger partial charge in [0.15, 0.2) is 22.8 Å². The van der Waals surface area contributed by atoms with Gasteiger partial charge in [0.05, 0.1) is 0 Å². The maximum atomic E-state index is 13.5. The van der Waals surface area contributed by atoms with E-state index in [0.717, 1.165) is 12.1 Å². The Morgan fingerprint density at radius 2 is 1.84 bits per heavy atom. The summed E-state index contributed by atoms with van der Waals surface area (Å²) in [4.78, 5) is 12.0. The third-order valence-corrected chi connectivity index (χ3v) is 3.63. The molecule has 132 valence electrons. The molecule has 1 atom stereocenters. The summed E-state index contributed by atoms with van der Waals surface area (Å²) in [7, 11) is 0. The largest absolute Gasteiger partial charge is 0.478 e. The molecule has 0 heterocycles. The van der Waals surface area contributed by atoms with E-state index in [2.05, 4.69) is 23.1 Å². The molecular formula is C18H20FN3O2S. The molecule has 0 bridgehead atoms. The normalized spacial score (nSPS) is 11.3. The second-order valence-corrected chi connectivity index (χ2v) is 5.72. The number of para-hydroxylation sites is 1. The average molecular weight is 361 g/mol. The van der Waals surface area contributed by atoms with Crippen molar-refractivity contribution in [3.05, 3.63) is 59.9 Å². The van der Waals surface area contributed by atoms with Crippen LogP contribution in [0.3, 0.4) is 0 Å². The zero-order valence-corrected chi connectivity index (χ0v) is 14.8. The zero-order valence-electron chi connectivity index (χ0n) is 14.0. The van der Waals surface area contributed by atoms with E-state index in [-0.39, 0.29) is 10.9 Å². The molecule has 0 saturated carbocycles. The number of halogens is 1. The highest BCUT2D eigenvalue weighted by Crippen LogP contribution is 2.16. The maximum absolute atomic E-state index is 13.5. The van der Waals surface area contributed by atoms with Crippen LogP contribution < -0.4 is 20.9 Å². The van der Waals surface area contributed by atoms with Crippen molar-refractivity contribution in [3.63, 3.8) is 0 Å². The summed E-state index contributed by atoms with van der Waals surface area (Å²) in [6.07, 6.45) is 0.0647. The lowest BCUT2D eigenvalue weighted by atomic mass is 10.1. The molecule has 25 heavy (non-hydrogen) atoms. The van der Waals surface area contributed by atoms with Gasteiger partial charge in [-0.25, -0.2) is 4.39 Å². The molecule has 2 rings (SSSR count). The first-order valence-corrected chi connectivity index (χ1v) is 8.27. The molecule has 2 aromatic carbocycles. The highest BCUT2D eigenvalue weighted by Gasteiger charge is 2.16. The van der Waals surface area contributed by atoms with E-state index in [1.54, 1.807) is 12.1 Å². The number of amides is 1. The standard InChI is InChI=1S/C18H20FN3O2S/c1-3-13-8-10-14(11-9-13)20-18(25)22-21-17(23)12(2)24-16-7-5-4-6-15(16)19/h4-12H,3H2,1-2H3,(H,21,23)(H2,20,22,25)/t12-/m1/s1. The lowest BCUT2D eigenvalue weighted by Gasteiger charge is -2.16. The Bertz CT molecular complexity index is 737. The topological polar surface area (TPSA) is 62.4 Å². The van der Waals surface area contributed by atoms with Crippen LogP contribution in [0.2, 0.25) is 0 Å². The second-order valence-electron chi connectivity index (χ2n) is 5.31. The van der Waals surface area contributed by atoms with Crippen LogP contribution in [0.5, 0.6) is 5.75 Å². The van der Waals surface area contributed by atoms with Gasteiger partial charge in [-0.05, 0) is 55.4 Å². The molecular weight excluding hydrogens is 341 g/mol. The average Bonchev–Trinajstić information content (AvgIpc) is 2.62. The molecule has 2 aromatic rings. The fraction of sp³-hybridized carbons (Fsp3) is 0.222. The smallest absolute Gasteiger partial charge is 0.279 e. The number of hydrogen-bond acceptors (Lipinski definition) is 3. The lowest BCUT2D eigenvalue weighted by molar-refractivity contribution is -0.127. The Kier molecular flexibility index (Phi) is 6.71. The third kappa shape index (κ3) is 5.72. The van der Waals surface area contributed by atoms with Gasteiger partial charge < -0.3 is 10.1 Å². The Balaban J connectivity index is 1.80. The van der Waals surface area contributed by atoms with Crippen molar-refractivity contribution in [1.29, 1.82) is 0 Å². The van der Waals surface area contributed by atoms with Crippen LogP contribution in [0, 0.1) is 5.82 Å². The maximum Gasteiger partial charge on any atom is 0.279 e. The van der Waals surface area contributed by atoms with Crippen LogP contribution in [0.15, 0.2) is 48.5 Å². The fourth-order valence-corrected chi connectivity index (χ4v) is 2.16. The van der Waals surface area contributed by atoms with Crippen molar-refractivity contribution in [2.75, 3.05) is 5.32 Å². The molecule has 0 aliphatic carbocycles. The Morgan fingerprint density at radius 1 is 1.16 bits per heavy atom. The molecule has 0 saturated heterocycles. The van der Waals surface area contributed by atoms with Crippen molar-refractivity contribution >= 4 is 28.9 Å². The van der Waals surface area contributed by atoms with Crippen molar-refractivity contribution < 1.29 is 13.9 Å². The van der Waals surface area contributed by atoms with Crippen molar-refractivity contribution in [3.8, 4) is 5.75 Å². The summed E-state index contributed by atoms with van der Waals surface area (Å²) < 4.78 is 18.8. The predicted octanol–water partition coefficient (Wildman–Crippen LogP) is 3.17.